The fourth-order valence-electron chi connectivity index (χ4n) is 1.67. The van der Waals surface area contributed by atoms with E-state index < -0.39 is 0 Å². The van der Waals surface area contributed by atoms with E-state index in [1.54, 1.807) is 11.8 Å². The van der Waals surface area contributed by atoms with Crippen molar-refractivity contribution in [1.29, 1.82) is 10.7 Å². The molecule has 4 heteroatoms. The second-order valence-electron chi connectivity index (χ2n) is 3.87. The third-order valence-electron chi connectivity index (χ3n) is 2.64. The summed E-state index contributed by atoms with van der Waals surface area (Å²) in [6.07, 6.45) is 1.98. The lowest BCUT2D eigenvalue weighted by molar-refractivity contribution is 1.30. The average molecular weight is 272 g/mol. The summed E-state index contributed by atoms with van der Waals surface area (Å²) in [5, 5.41) is 17.1. The van der Waals surface area contributed by atoms with Gasteiger partial charge in [-0.3, -0.25) is 5.41 Å². The summed E-state index contributed by atoms with van der Waals surface area (Å²) in [6.45, 7) is 2.03. The molecule has 90 valence electrons. The van der Waals surface area contributed by atoms with Crippen molar-refractivity contribution in [2.75, 3.05) is 6.26 Å². The van der Waals surface area contributed by atoms with Gasteiger partial charge in [-0.1, -0.05) is 29.8 Å². The lowest BCUT2D eigenvalue weighted by Gasteiger charge is -2.06. The standard InChI is InChI=1S/C14H12N2S2/c1-9-3-5-10(6-4-9)11-7-13(17-2)18-14(16)12(11)8-15/h3-7,16H,1-2H3. The Hall–Kier alpha value is -1.57. The summed E-state index contributed by atoms with van der Waals surface area (Å²) in [7, 11) is 0. The SMILES string of the molecule is CSc1cc(-c2ccc(C)cc2)c(C#N)c(=N)s1. The van der Waals surface area contributed by atoms with Crippen molar-refractivity contribution in [3.63, 3.8) is 0 Å². The van der Waals surface area contributed by atoms with Crippen molar-refractivity contribution in [1.82, 2.24) is 0 Å². The third kappa shape index (κ3) is 2.47. The minimum absolute atomic E-state index is 0.333. The predicted octanol–water partition coefficient (Wildman–Crippen LogP) is 3.80. The molecule has 0 fully saturated rings. The van der Waals surface area contributed by atoms with Gasteiger partial charge in [0.2, 0.25) is 0 Å². The number of hydrogen-bond donors (Lipinski definition) is 1. The van der Waals surface area contributed by atoms with E-state index in [0.29, 0.717) is 10.2 Å². The molecule has 0 saturated carbocycles. The van der Waals surface area contributed by atoms with Crippen molar-refractivity contribution in [2.45, 2.75) is 11.1 Å². The normalized spacial score (nSPS) is 10.1. The van der Waals surface area contributed by atoms with Crippen LogP contribution in [0.25, 0.3) is 11.1 Å². The lowest BCUT2D eigenvalue weighted by atomic mass is 10.0. The van der Waals surface area contributed by atoms with Crippen LogP contribution >= 0.6 is 23.1 Å². The molecule has 2 aromatic rings. The fraction of sp³-hybridized carbons (Fsp3) is 0.143. The van der Waals surface area contributed by atoms with E-state index in [-0.39, 0.29) is 0 Å². The summed E-state index contributed by atoms with van der Waals surface area (Å²) < 4.78 is 1.38. The van der Waals surface area contributed by atoms with E-state index in [9.17, 15) is 5.26 Å². The van der Waals surface area contributed by atoms with Crippen LogP contribution < -0.4 is 4.67 Å². The van der Waals surface area contributed by atoms with Gasteiger partial charge in [-0.2, -0.15) is 5.26 Å². The number of hydrogen-bond acceptors (Lipinski definition) is 4. The Kier molecular flexibility index (Phi) is 3.85. The number of nitriles is 1. The average Bonchev–Trinajstić information content (AvgIpc) is 2.38. The summed E-state index contributed by atoms with van der Waals surface area (Å²) >= 11 is 2.95. The minimum Gasteiger partial charge on any atom is -0.289 e. The molecule has 0 radical (unpaired) electrons. The maximum atomic E-state index is 9.21. The number of benzene rings is 1. The molecular formula is C14H12N2S2. The maximum absolute atomic E-state index is 9.21. The fourth-order valence-corrected chi connectivity index (χ4v) is 3.12. The molecule has 0 amide bonds. The first-order valence-corrected chi connectivity index (χ1v) is 7.43. The summed E-state index contributed by atoms with van der Waals surface area (Å²) in [6, 6.07) is 12.2. The van der Waals surface area contributed by atoms with E-state index in [4.69, 9.17) is 5.41 Å². The van der Waals surface area contributed by atoms with Crippen molar-refractivity contribution in [3.05, 3.63) is 46.1 Å². The van der Waals surface area contributed by atoms with E-state index in [2.05, 4.69) is 6.07 Å². The second-order valence-corrected chi connectivity index (χ2v) is 6.02. The first-order valence-electron chi connectivity index (χ1n) is 5.39. The Labute approximate surface area is 114 Å². The first-order chi connectivity index (χ1) is 8.65. The van der Waals surface area contributed by atoms with Gasteiger partial charge in [-0.15, -0.1) is 23.1 Å². The van der Waals surface area contributed by atoms with Gasteiger partial charge >= 0.3 is 0 Å². The van der Waals surface area contributed by atoms with E-state index >= 15 is 0 Å². The Bertz CT molecular complexity index is 664. The smallest absolute Gasteiger partial charge is 0.127 e. The van der Waals surface area contributed by atoms with Gasteiger partial charge in [0.15, 0.2) is 0 Å². The van der Waals surface area contributed by atoms with Crippen molar-refractivity contribution in [3.8, 4) is 17.2 Å². The highest BCUT2D eigenvalue weighted by Crippen LogP contribution is 2.28. The van der Waals surface area contributed by atoms with Crippen LogP contribution in [0, 0.1) is 23.7 Å². The first kappa shape index (κ1) is 12.9. The highest BCUT2D eigenvalue weighted by atomic mass is 32.2. The van der Waals surface area contributed by atoms with Gasteiger partial charge in [-0.25, -0.2) is 0 Å². The Morgan fingerprint density at radius 2 is 1.94 bits per heavy atom. The number of nitrogens with one attached hydrogen (secondary N) is 1. The zero-order valence-electron chi connectivity index (χ0n) is 10.2. The second kappa shape index (κ2) is 5.38. The van der Waals surface area contributed by atoms with Crippen LogP contribution in [0.4, 0.5) is 0 Å². The Morgan fingerprint density at radius 1 is 1.28 bits per heavy atom. The molecule has 1 heterocycles. The molecule has 1 aromatic carbocycles. The topological polar surface area (TPSA) is 47.6 Å². The van der Waals surface area contributed by atoms with E-state index in [0.717, 1.165) is 15.3 Å². The molecular weight excluding hydrogens is 260 g/mol. The van der Waals surface area contributed by atoms with Gasteiger partial charge in [0, 0.05) is 5.56 Å². The van der Waals surface area contributed by atoms with Gasteiger partial charge < -0.3 is 0 Å². The Morgan fingerprint density at radius 3 is 2.50 bits per heavy atom. The summed E-state index contributed by atoms with van der Waals surface area (Å²) in [4.78, 5) is 0. The van der Waals surface area contributed by atoms with Gasteiger partial charge in [0.1, 0.15) is 10.7 Å². The molecule has 1 aromatic heterocycles. The van der Waals surface area contributed by atoms with Crippen LogP contribution in [0.2, 0.25) is 0 Å². The van der Waals surface area contributed by atoms with Crippen LogP contribution in [0.3, 0.4) is 0 Å². The Balaban J connectivity index is 2.69. The maximum Gasteiger partial charge on any atom is 0.127 e. The lowest BCUT2D eigenvalue weighted by Crippen LogP contribution is -2.03. The molecule has 1 N–H and O–H groups in total. The van der Waals surface area contributed by atoms with Gasteiger partial charge in [0.25, 0.3) is 0 Å². The van der Waals surface area contributed by atoms with Crippen LogP contribution in [-0.2, 0) is 0 Å². The number of aryl methyl sites for hydroxylation is 1. The summed E-state index contributed by atoms with van der Waals surface area (Å²) in [5.41, 5.74) is 3.49. The largest absolute Gasteiger partial charge is 0.289 e. The monoisotopic (exact) mass is 272 g/mol. The minimum atomic E-state index is 0.333. The molecule has 0 spiro atoms. The van der Waals surface area contributed by atoms with Crippen LogP contribution in [-0.4, -0.2) is 6.26 Å². The molecule has 0 aliphatic rings. The molecule has 0 atom stereocenters. The van der Waals surface area contributed by atoms with Crippen molar-refractivity contribution in [2.24, 2.45) is 0 Å². The molecule has 0 unspecified atom stereocenters. The zero-order valence-corrected chi connectivity index (χ0v) is 11.8. The zero-order chi connectivity index (χ0) is 13.1. The predicted molar refractivity (Wildman–Crippen MR) is 76.8 cm³/mol. The number of nitrogens with zero attached hydrogens (tertiary/aromatic N) is 1. The molecule has 18 heavy (non-hydrogen) atoms. The van der Waals surface area contributed by atoms with Crippen molar-refractivity contribution >= 4 is 23.1 Å². The molecule has 0 aliphatic carbocycles. The molecule has 2 rings (SSSR count). The van der Waals surface area contributed by atoms with E-state index in [1.807, 2.05) is 43.5 Å². The summed E-state index contributed by atoms with van der Waals surface area (Å²) in [5.74, 6) is 0. The van der Waals surface area contributed by atoms with Crippen LogP contribution in [0.15, 0.2) is 34.5 Å². The van der Waals surface area contributed by atoms with E-state index in [1.165, 1.54) is 16.9 Å². The van der Waals surface area contributed by atoms with Crippen molar-refractivity contribution < 1.29 is 0 Å². The number of thioether (sulfide) groups is 1. The highest BCUT2D eigenvalue weighted by Gasteiger charge is 2.09. The highest BCUT2D eigenvalue weighted by molar-refractivity contribution is 8.00. The third-order valence-corrected chi connectivity index (χ3v) is 4.63. The quantitative estimate of drug-likeness (QED) is 0.845. The van der Waals surface area contributed by atoms with Crippen LogP contribution in [0.5, 0.6) is 0 Å². The molecule has 0 aliphatic heterocycles. The van der Waals surface area contributed by atoms with Gasteiger partial charge in [0.05, 0.1) is 9.77 Å². The van der Waals surface area contributed by atoms with Gasteiger partial charge in [-0.05, 0) is 24.8 Å². The van der Waals surface area contributed by atoms with Crippen LogP contribution in [0.1, 0.15) is 11.1 Å². The molecule has 0 bridgehead atoms. The number of rotatable bonds is 2. The molecule has 0 saturated heterocycles. The molecule has 2 nitrogen and oxygen atoms in total.